The van der Waals surface area contributed by atoms with E-state index in [2.05, 4.69) is 0 Å². The highest BCUT2D eigenvalue weighted by molar-refractivity contribution is 5.66. The molecule has 1 aromatic carbocycles. The van der Waals surface area contributed by atoms with Crippen molar-refractivity contribution in [2.75, 3.05) is 19.7 Å². The lowest BCUT2D eigenvalue weighted by Gasteiger charge is -2.18. The number of rotatable bonds is 6. The average Bonchev–Trinajstić information content (AvgIpc) is 2.34. The molecule has 18 heavy (non-hydrogen) atoms. The lowest BCUT2D eigenvalue weighted by atomic mass is 10.1. The highest BCUT2D eigenvalue weighted by Gasteiger charge is 2.11. The van der Waals surface area contributed by atoms with Crippen molar-refractivity contribution in [1.82, 2.24) is 4.90 Å². The molecule has 0 aliphatic heterocycles. The molecule has 0 fully saturated rings. The first-order chi connectivity index (χ1) is 8.59. The summed E-state index contributed by atoms with van der Waals surface area (Å²) in [5.74, 6) is -0.400. The van der Waals surface area contributed by atoms with Crippen LogP contribution in [0.15, 0.2) is 30.3 Å². The van der Waals surface area contributed by atoms with Gasteiger partial charge in [0, 0.05) is 13.5 Å². The predicted molar refractivity (Wildman–Crippen MR) is 66.4 cm³/mol. The maximum Gasteiger partial charge on any atom is 0.407 e. The van der Waals surface area contributed by atoms with Crippen LogP contribution < -0.4 is 0 Å². The zero-order valence-corrected chi connectivity index (χ0v) is 10.3. The molecule has 0 saturated carbocycles. The lowest BCUT2D eigenvalue weighted by molar-refractivity contribution is -0.141. The molecule has 1 aromatic rings. The molecule has 0 heterocycles. The Morgan fingerprint density at radius 1 is 1.22 bits per heavy atom. The number of ether oxygens (including phenoxy) is 1. The van der Waals surface area contributed by atoms with Gasteiger partial charge in [-0.3, -0.25) is 4.79 Å². The number of esters is 1. The second kappa shape index (κ2) is 7.32. The van der Waals surface area contributed by atoms with Crippen LogP contribution >= 0.6 is 0 Å². The van der Waals surface area contributed by atoms with Crippen molar-refractivity contribution in [3.8, 4) is 0 Å². The van der Waals surface area contributed by atoms with Gasteiger partial charge < -0.3 is 14.7 Å². The maximum absolute atomic E-state index is 11.0. The summed E-state index contributed by atoms with van der Waals surface area (Å²) in [7, 11) is 0. The van der Waals surface area contributed by atoms with E-state index in [1.165, 1.54) is 11.8 Å². The van der Waals surface area contributed by atoms with Gasteiger partial charge in [0.05, 0.1) is 6.54 Å². The Morgan fingerprint density at radius 3 is 2.44 bits per heavy atom. The Balaban J connectivity index is 2.38. The van der Waals surface area contributed by atoms with Gasteiger partial charge in [0.1, 0.15) is 6.61 Å². The third-order valence-electron chi connectivity index (χ3n) is 2.45. The van der Waals surface area contributed by atoms with Gasteiger partial charge in [-0.15, -0.1) is 0 Å². The van der Waals surface area contributed by atoms with E-state index >= 15 is 0 Å². The van der Waals surface area contributed by atoms with E-state index in [-0.39, 0.29) is 13.2 Å². The van der Waals surface area contributed by atoms with Gasteiger partial charge in [-0.2, -0.15) is 0 Å². The highest BCUT2D eigenvalue weighted by atomic mass is 16.5. The third-order valence-corrected chi connectivity index (χ3v) is 2.45. The van der Waals surface area contributed by atoms with Crippen LogP contribution in [0.5, 0.6) is 0 Å². The van der Waals surface area contributed by atoms with Crippen LogP contribution in [-0.2, 0) is 16.0 Å². The minimum atomic E-state index is -1.00. The molecule has 0 saturated heterocycles. The standard InChI is InChI=1S/C13H17NO4/c1-11(15)18-10-9-14(13(16)17)8-7-12-5-3-2-4-6-12/h2-6H,7-10H2,1H3,(H,16,17). The molecule has 0 unspecified atom stereocenters. The summed E-state index contributed by atoms with van der Waals surface area (Å²) in [5, 5.41) is 9.00. The van der Waals surface area contributed by atoms with Crippen LogP contribution in [0, 0.1) is 0 Å². The molecule has 5 heteroatoms. The van der Waals surface area contributed by atoms with Crippen molar-refractivity contribution in [1.29, 1.82) is 0 Å². The van der Waals surface area contributed by atoms with Crippen molar-refractivity contribution in [3.63, 3.8) is 0 Å². The van der Waals surface area contributed by atoms with Gasteiger partial charge in [0.2, 0.25) is 0 Å². The maximum atomic E-state index is 11.0. The van der Waals surface area contributed by atoms with Crippen molar-refractivity contribution < 1.29 is 19.4 Å². The Morgan fingerprint density at radius 2 is 1.89 bits per heavy atom. The van der Waals surface area contributed by atoms with Crippen LogP contribution in [0.1, 0.15) is 12.5 Å². The summed E-state index contributed by atoms with van der Waals surface area (Å²) in [6, 6.07) is 9.65. The van der Waals surface area contributed by atoms with E-state index in [1.807, 2.05) is 30.3 Å². The van der Waals surface area contributed by atoms with Gasteiger partial charge in [-0.1, -0.05) is 30.3 Å². The van der Waals surface area contributed by atoms with Gasteiger partial charge in [0.25, 0.3) is 0 Å². The highest BCUT2D eigenvalue weighted by Crippen LogP contribution is 2.02. The zero-order valence-electron chi connectivity index (χ0n) is 10.3. The van der Waals surface area contributed by atoms with Crippen molar-refractivity contribution in [3.05, 3.63) is 35.9 Å². The molecule has 0 aliphatic carbocycles. The van der Waals surface area contributed by atoms with Crippen LogP contribution in [0.4, 0.5) is 4.79 Å². The summed E-state index contributed by atoms with van der Waals surface area (Å²) >= 11 is 0. The number of benzene rings is 1. The van der Waals surface area contributed by atoms with E-state index < -0.39 is 12.1 Å². The monoisotopic (exact) mass is 251 g/mol. The fourth-order valence-corrected chi connectivity index (χ4v) is 1.51. The Hall–Kier alpha value is -2.04. The summed E-state index contributed by atoms with van der Waals surface area (Å²) in [4.78, 5) is 22.8. The summed E-state index contributed by atoms with van der Waals surface area (Å²) < 4.78 is 4.73. The van der Waals surface area contributed by atoms with Crippen molar-refractivity contribution in [2.45, 2.75) is 13.3 Å². The Kier molecular flexibility index (Phi) is 5.70. The number of hydrogen-bond donors (Lipinski definition) is 1. The van der Waals surface area contributed by atoms with E-state index in [0.29, 0.717) is 13.0 Å². The average molecular weight is 251 g/mol. The Labute approximate surface area is 106 Å². The number of carbonyl (C=O) groups excluding carboxylic acids is 1. The predicted octanol–water partition coefficient (Wildman–Crippen LogP) is 1.77. The molecule has 0 aliphatic rings. The molecule has 0 spiro atoms. The number of carboxylic acid groups (broad SMARTS) is 1. The third kappa shape index (κ3) is 5.34. The van der Waals surface area contributed by atoms with Gasteiger partial charge in [0.15, 0.2) is 0 Å². The molecular formula is C13H17NO4. The van der Waals surface area contributed by atoms with E-state index in [0.717, 1.165) is 5.56 Å². The fraction of sp³-hybridized carbons (Fsp3) is 0.385. The summed E-state index contributed by atoms with van der Waals surface area (Å²) in [5.41, 5.74) is 1.08. The number of carbonyl (C=O) groups is 2. The van der Waals surface area contributed by atoms with E-state index in [9.17, 15) is 9.59 Å². The summed E-state index contributed by atoms with van der Waals surface area (Å²) in [6.07, 6.45) is -0.356. The second-order valence-corrected chi connectivity index (χ2v) is 3.85. The van der Waals surface area contributed by atoms with Crippen molar-refractivity contribution in [2.24, 2.45) is 0 Å². The topological polar surface area (TPSA) is 66.8 Å². The first-order valence-electron chi connectivity index (χ1n) is 5.74. The normalized spacial score (nSPS) is 9.83. The van der Waals surface area contributed by atoms with Gasteiger partial charge in [-0.25, -0.2) is 4.79 Å². The summed E-state index contributed by atoms with van der Waals surface area (Å²) in [6.45, 7) is 1.98. The first kappa shape index (κ1) is 14.0. The van der Waals surface area contributed by atoms with Crippen molar-refractivity contribution >= 4 is 12.1 Å². The van der Waals surface area contributed by atoms with Crippen LogP contribution in [0.3, 0.4) is 0 Å². The number of amides is 1. The van der Waals surface area contributed by atoms with E-state index in [1.54, 1.807) is 0 Å². The molecule has 98 valence electrons. The molecule has 1 rings (SSSR count). The molecule has 5 nitrogen and oxygen atoms in total. The fourth-order valence-electron chi connectivity index (χ4n) is 1.51. The molecule has 1 N–H and O–H groups in total. The van der Waals surface area contributed by atoms with Crippen LogP contribution in [-0.4, -0.2) is 41.8 Å². The Bertz CT molecular complexity index is 391. The number of nitrogens with zero attached hydrogens (tertiary/aromatic N) is 1. The number of hydrogen-bond acceptors (Lipinski definition) is 3. The minimum absolute atomic E-state index is 0.0937. The largest absolute Gasteiger partial charge is 0.465 e. The molecule has 0 radical (unpaired) electrons. The molecular weight excluding hydrogens is 234 g/mol. The second-order valence-electron chi connectivity index (χ2n) is 3.85. The quantitative estimate of drug-likeness (QED) is 0.782. The zero-order chi connectivity index (χ0) is 13.4. The minimum Gasteiger partial charge on any atom is -0.465 e. The first-order valence-corrected chi connectivity index (χ1v) is 5.74. The van der Waals surface area contributed by atoms with Crippen LogP contribution in [0.25, 0.3) is 0 Å². The molecule has 1 amide bonds. The van der Waals surface area contributed by atoms with E-state index in [4.69, 9.17) is 9.84 Å². The van der Waals surface area contributed by atoms with Gasteiger partial charge >= 0.3 is 12.1 Å². The smallest absolute Gasteiger partial charge is 0.407 e. The van der Waals surface area contributed by atoms with Crippen LogP contribution in [0.2, 0.25) is 0 Å². The SMILES string of the molecule is CC(=O)OCCN(CCc1ccccc1)C(=O)O. The molecule has 0 bridgehead atoms. The molecule has 0 atom stereocenters. The lowest BCUT2D eigenvalue weighted by Crippen LogP contribution is -2.34. The molecule has 0 aromatic heterocycles. The van der Waals surface area contributed by atoms with Gasteiger partial charge in [-0.05, 0) is 12.0 Å².